The van der Waals surface area contributed by atoms with Crippen LogP contribution in [0.3, 0.4) is 0 Å². The molecule has 0 N–H and O–H groups in total. The lowest BCUT2D eigenvalue weighted by molar-refractivity contribution is 0.763. The van der Waals surface area contributed by atoms with E-state index >= 15 is 0 Å². The van der Waals surface area contributed by atoms with Gasteiger partial charge in [0.25, 0.3) is 0 Å². The fourth-order valence-electron chi connectivity index (χ4n) is 0. The fraction of sp³-hybridized carbons (Fsp3) is 1.00. The molecule has 0 heterocycles. The van der Waals surface area contributed by atoms with Crippen LogP contribution in [0.5, 0.6) is 0 Å². The first-order valence-corrected chi connectivity index (χ1v) is 4.50. The topological polar surface area (TPSA) is 0 Å². The minimum atomic E-state index is 0.483. The molecule has 0 rings (SSSR count). The van der Waals surface area contributed by atoms with E-state index in [1.807, 2.05) is 0 Å². The van der Waals surface area contributed by atoms with Crippen molar-refractivity contribution in [1.82, 2.24) is 0 Å². The molecule has 0 spiro atoms. The van der Waals surface area contributed by atoms with E-state index < -0.39 is 0 Å². The van der Waals surface area contributed by atoms with Crippen molar-refractivity contribution in [2.24, 2.45) is 0 Å². The van der Waals surface area contributed by atoms with Crippen molar-refractivity contribution in [2.45, 2.75) is 25.8 Å². The second-order valence-corrected chi connectivity index (χ2v) is 4.88. The maximum atomic E-state index is 3.44. The van der Waals surface area contributed by atoms with Gasteiger partial charge in [0.2, 0.25) is 0 Å². The van der Waals surface area contributed by atoms with Crippen LogP contribution < -0.4 is 0 Å². The molecule has 0 saturated carbocycles. The van der Waals surface area contributed by atoms with Gasteiger partial charge in [0.05, 0.1) is 0 Å². The summed E-state index contributed by atoms with van der Waals surface area (Å²) in [5, 5.41) is 0.483. The molecule has 0 aromatic rings. The lowest BCUT2D eigenvalue weighted by Crippen LogP contribution is -2.06. The van der Waals surface area contributed by atoms with Crippen molar-refractivity contribution in [3.8, 4) is 0 Å². The minimum Gasteiger partial charge on any atom is -0.0633 e. The van der Waals surface area contributed by atoms with Crippen molar-refractivity contribution in [3.05, 3.63) is 0 Å². The molecule has 0 amide bonds. The third-order valence-corrected chi connectivity index (χ3v) is 3.38. The summed E-state index contributed by atoms with van der Waals surface area (Å²) in [6.45, 7) is 6.62. The Balaban J connectivity index is 3.17. The van der Waals surface area contributed by atoms with Gasteiger partial charge in [0.1, 0.15) is 0 Å². The molecule has 0 nitrogen and oxygen atoms in total. The van der Waals surface area contributed by atoms with E-state index in [1.54, 1.807) is 0 Å². The lowest BCUT2D eigenvalue weighted by atomic mass is 10.3. The largest absolute Gasteiger partial charge is 0.0633 e. The molecule has 0 aliphatic carbocycles. The first-order valence-electron chi connectivity index (χ1n) is 2.00. The average molecular weight is 113 g/mol. The Morgan fingerprint density at radius 1 is 1.33 bits per heavy atom. The molecule has 5 radical (unpaired) electrons. The third-order valence-electron chi connectivity index (χ3n) is 0.375. The molecule has 0 bridgehead atoms. The van der Waals surface area contributed by atoms with Crippen LogP contribution in [0.1, 0.15) is 20.8 Å². The summed E-state index contributed by atoms with van der Waals surface area (Å²) in [4.78, 5) is 0. The third kappa shape index (κ3) is 4.43. The maximum Gasteiger partial charge on any atom is 0.0253 e. The molecule has 0 fully saturated rings. The summed E-state index contributed by atoms with van der Waals surface area (Å²) >= 11 is 0. The predicted octanol–water partition coefficient (Wildman–Crippen LogP) is 0.992. The molecule has 0 unspecified atom stereocenters. The summed E-state index contributed by atoms with van der Waals surface area (Å²) < 4.78 is 0. The van der Waals surface area contributed by atoms with E-state index in [4.69, 9.17) is 0 Å². The molecular weight excluding hydrogens is 104 g/mol. The highest BCUT2D eigenvalue weighted by Crippen LogP contribution is 2.17. The number of hydrogen-bond acceptors (Lipinski definition) is 0. The van der Waals surface area contributed by atoms with Crippen LogP contribution in [0.4, 0.5) is 0 Å². The second kappa shape index (κ2) is 1.93. The molecule has 6 heavy (non-hydrogen) atoms. The normalized spacial score (nSPS) is 12.0. The van der Waals surface area contributed by atoms with Crippen LogP contribution in [0, 0.1) is 0 Å². The van der Waals surface area contributed by atoms with Gasteiger partial charge in [-0.25, -0.2) is 0 Å². The standard InChI is InChI=1S/C4H9Si2/c1-4(2,3)6-5/h1-3H3. The van der Waals surface area contributed by atoms with Crippen LogP contribution in [0.2, 0.25) is 5.04 Å². The Labute approximate surface area is 45.4 Å². The summed E-state index contributed by atoms with van der Waals surface area (Å²) in [5.74, 6) is 0. The highest BCUT2D eigenvalue weighted by atomic mass is 29.1. The Morgan fingerprint density at radius 3 is 1.50 bits per heavy atom. The van der Waals surface area contributed by atoms with Crippen molar-refractivity contribution in [1.29, 1.82) is 0 Å². The summed E-state index contributed by atoms with van der Waals surface area (Å²) in [6.07, 6.45) is 0. The van der Waals surface area contributed by atoms with Crippen molar-refractivity contribution >= 4 is 18.8 Å². The molecule has 33 valence electrons. The van der Waals surface area contributed by atoms with Crippen molar-refractivity contribution < 1.29 is 0 Å². The van der Waals surface area contributed by atoms with Gasteiger partial charge in [0, 0.05) is 18.8 Å². The number of rotatable bonds is 0. The van der Waals surface area contributed by atoms with Gasteiger partial charge in [-0.1, -0.05) is 20.8 Å². The summed E-state index contributed by atoms with van der Waals surface area (Å²) in [7, 11) is 4.31. The van der Waals surface area contributed by atoms with Gasteiger partial charge in [-0.3, -0.25) is 0 Å². The smallest absolute Gasteiger partial charge is 0.0253 e. The van der Waals surface area contributed by atoms with Gasteiger partial charge in [-0.15, -0.1) is 0 Å². The van der Waals surface area contributed by atoms with E-state index in [0.29, 0.717) is 5.04 Å². The minimum absolute atomic E-state index is 0.483. The zero-order chi connectivity index (χ0) is 5.21. The van der Waals surface area contributed by atoms with Crippen LogP contribution in [0.15, 0.2) is 0 Å². The van der Waals surface area contributed by atoms with Gasteiger partial charge < -0.3 is 0 Å². The van der Waals surface area contributed by atoms with Crippen LogP contribution >= 0.6 is 0 Å². The highest BCUT2D eigenvalue weighted by molar-refractivity contribution is 6.91. The van der Waals surface area contributed by atoms with Crippen LogP contribution in [-0.4, -0.2) is 18.8 Å². The molecular formula is C4H9Si2. The monoisotopic (exact) mass is 113 g/mol. The molecule has 0 saturated heterocycles. The van der Waals surface area contributed by atoms with E-state index in [2.05, 4.69) is 30.5 Å². The van der Waals surface area contributed by atoms with E-state index in [1.165, 1.54) is 0 Å². The molecule has 2 heteroatoms. The van der Waals surface area contributed by atoms with Crippen molar-refractivity contribution in [3.63, 3.8) is 0 Å². The van der Waals surface area contributed by atoms with Gasteiger partial charge >= 0.3 is 0 Å². The summed E-state index contributed by atoms with van der Waals surface area (Å²) in [5.41, 5.74) is 0. The zero-order valence-corrected chi connectivity index (χ0v) is 6.50. The quantitative estimate of drug-likeness (QED) is 0.411. The average Bonchev–Trinajstić information content (AvgIpc) is 1.35. The molecule has 0 aromatic carbocycles. The zero-order valence-electron chi connectivity index (χ0n) is 4.50. The maximum absolute atomic E-state index is 3.44. The molecule has 0 aliphatic rings. The first kappa shape index (κ1) is 6.43. The van der Waals surface area contributed by atoms with Crippen LogP contribution in [-0.2, 0) is 0 Å². The van der Waals surface area contributed by atoms with Crippen molar-refractivity contribution in [2.75, 3.05) is 0 Å². The van der Waals surface area contributed by atoms with E-state index in [0.717, 1.165) is 9.04 Å². The van der Waals surface area contributed by atoms with Crippen LogP contribution in [0.25, 0.3) is 0 Å². The Kier molecular flexibility index (Phi) is 2.07. The predicted molar refractivity (Wildman–Crippen MR) is 31.2 cm³/mol. The van der Waals surface area contributed by atoms with Gasteiger partial charge in [0.15, 0.2) is 0 Å². The van der Waals surface area contributed by atoms with E-state index in [9.17, 15) is 0 Å². The lowest BCUT2D eigenvalue weighted by Gasteiger charge is -2.11. The van der Waals surface area contributed by atoms with E-state index in [-0.39, 0.29) is 0 Å². The molecule has 0 aliphatic heterocycles. The Morgan fingerprint density at radius 2 is 1.50 bits per heavy atom. The Hall–Kier alpha value is 0.434. The van der Waals surface area contributed by atoms with Gasteiger partial charge in [-0.2, -0.15) is 0 Å². The molecule has 0 aromatic heterocycles. The second-order valence-electron chi connectivity index (χ2n) is 2.38. The highest BCUT2D eigenvalue weighted by Gasteiger charge is 2.04. The fourth-order valence-corrected chi connectivity index (χ4v) is 0. The summed E-state index contributed by atoms with van der Waals surface area (Å²) in [6, 6.07) is 0. The Bertz CT molecular complexity index is 35.3. The SMILES string of the molecule is CC(C)(C)[Si][Si]. The number of hydrogen-bond donors (Lipinski definition) is 0. The molecule has 0 atom stereocenters. The van der Waals surface area contributed by atoms with Gasteiger partial charge in [-0.05, 0) is 5.04 Å². The first-order chi connectivity index (χ1) is 2.56.